The number of aliphatic carboxylic acids is 1. The first-order valence-electron chi connectivity index (χ1n) is 6.83. The third-order valence-electron chi connectivity index (χ3n) is 3.21. The molecule has 0 saturated heterocycles. The van der Waals surface area contributed by atoms with Gasteiger partial charge in [0.25, 0.3) is 11.8 Å². The fourth-order valence-corrected chi connectivity index (χ4v) is 2.58. The Balaban J connectivity index is 2.20. The van der Waals surface area contributed by atoms with E-state index in [9.17, 15) is 14.4 Å². The van der Waals surface area contributed by atoms with Gasteiger partial charge in [-0.3, -0.25) is 9.59 Å². The Hall–Kier alpha value is -2.35. The van der Waals surface area contributed by atoms with Crippen LogP contribution in [0.5, 0.6) is 5.75 Å². The van der Waals surface area contributed by atoms with Crippen LogP contribution in [-0.4, -0.2) is 35.5 Å². The third-order valence-corrected chi connectivity index (χ3v) is 3.87. The number of benzene rings is 1. The van der Waals surface area contributed by atoms with Crippen molar-refractivity contribution in [1.82, 2.24) is 5.32 Å². The van der Waals surface area contributed by atoms with Crippen LogP contribution < -0.4 is 15.4 Å². The summed E-state index contributed by atoms with van der Waals surface area (Å²) in [7, 11) is 0. The molecule has 0 spiro atoms. The number of fused-ring (bicyclic) bond motifs is 1. The highest BCUT2D eigenvalue weighted by atomic mass is 79.9. The van der Waals surface area contributed by atoms with Gasteiger partial charge in [0.2, 0.25) is 0 Å². The van der Waals surface area contributed by atoms with Gasteiger partial charge in [0.15, 0.2) is 6.61 Å². The van der Waals surface area contributed by atoms with Crippen molar-refractivity contribution in [2.24, 2.45) is 0 Å². The van der Waals surface area contributed by atoms with Crippen molar-refractivity contribution < 1.29 is 24.2 Å². The maximum absolute atomic E-state index is 12.3. The Labute approximate surface area is 140 Å². The quantitative estimate of drug-likeness (QED) is 0.652. The normalized spacial score (nSPS) is 14.0. The summed E-state index contributed by atoms with van der Waals surface area (Å²) in [6, 6.07) is 1.99. The Morgan fingerprint density at radius 3 is 2.91 bits per heavy atom. The van der Waals surface area contributed by atoms with Crippen LogP contribution in [0.15, 0.2) is 29.3 Å². The summed E-state index contributed by atoms with van der Waals surface area (Å²) in [6.07, 6.45) is 2.31. The second-order valence-electron chi connectivity index (χ2n) is 4.90. The first-order chi connectivity index (χ1) is 10.9. The summed E-state index contributed by atoms with van der Waals surface area (Å²) >= 11 is 3.24. The SMILES string of the molecule is C=CCCC(NC(=O)c1cc2c(cc1Br)NC(=O)CO2)C(=O)O. The zero-order valence-electron chi connectivity index (χ0n) is 12.1. The number of hydrogen-bond donors (Lipinski definition) is 3. The van der Waals surface area contributed by atoms with Crippen molar-refractivity contribution in [3.63, 3.8) is 0 Å². The Kier molecular flexibility index (Phi) is 5.38. The van der Waals surface area contributed by atoms with E-state index in [1.165, 1.54) is 6.07 Å². The molecule has 0 fully saturated rings. The predicted octanol–water partition coefficient (Wildman–Crippen LogP) is 1.93. The molecular formula is C15H15BrN2O5. The molecule has 3 N–H and O–H groups in total. The van der Waals surface area contributed by atoms with Crippen LogP contribution in [0, 0.1) is 0 Å². The largest absolute Gasteiger partial charge is 0.482 e. The molecule has 0 radical (unpaired) electrons. The van der Waals surface area contributed by atoms with Crippen molar-refractivity contribution in [2.45, 2.75) is 18.9 Å². The van der Waals surface area contributed by atoms with Gasteiger partial charge < -0.3 is 20.5 Å². The summed E-state index contributed by atoms with van der Waals surface area (Å²) in [4.78, 5) is 34.8. The number of anilines is 1. The van der Waals surface area contributed by atoms with Gasteiger partial charge in [-0.2, -0.15) is 0 Å². The lowest BCUT2D eigenvalue weighted by Gasteiger charge is -2.20. The van der Waals surface area contributed by atoms with E-state index in [0.29, 0.717) is 22.3 Å². The maximum Gasteiger partial charge on any atom is 0.326 e. The van der Waals surface area contributed by atoms with Gasteiger partial charge in [-0.15, -0.1) is 6.58 Å². The molecule has 1 atom stereocenters. The minimum absolute atomic E-state index is 0.132. The maximum atomic E-state index is 12.3. The molecule has 122 valence electrons. The number of hydrogen-bond acceptors (Lipinski definition) is 4. The third kappa shape index (κ3) is 4.10. The number of carboxylic acid groups (broad SMARTS) is 1. The first-order valence-corrected chi connectivity index (χ1v) is 7.62. The molecule has 0 aromatic heterocycles. The second-order valence-corrected chi connectivity index (χ2v) is 5.75. The highest BCUT2D eigenvalue weighted by molar-refractivity contribution is 9.10. The predicted molar refractivity (Wildman–Crippen MR) is 86.6 cm³/mol. The van der Waals surface area contributed by atoms with E-state index in [0.717, 1.165) is 0 Å². The molecule has 1 aromatic rings. The zero-order chi connectivity index (χ0) is 17.0. The smallest absolute Gasteiger partial charge is 0.326 e. The molecule has 1 aliphatic heterocycles. The van der Waals surface area contributed by atoms with Gasteiger partial charge in [0.05, 0.1) is 11.3 Å². The van der Waals surface area contributed by atoms with Crippen LogP contribution >= 0.6 is 15.9 Å². The molecule has 0 aliphatic carbocycles. The highest BCUT2D eigenvalue weighted by Crippen LogP contribution is 2.33. The van der Waals surface area contributed by atoms with Crippen LogP contribution in [0.25, 0.3) is 0 Å². The number of ether oxygens (including phenoxy) is 1. The monoisotopic (exact) mass is 382 g/mol. The van der Waals surface area contributed by atoms with E-state index in [1.54, 1.807) is 12.1 Å². The molecule has 1 unspecified atom stereocenters. The minimum atomic E-state index is -1.11. The number of amides is 2. The first kappa shape index (κ1) is 17.0. The van der Waals surface area contributed by atoms with Gasteiger partial charge >= 0.3 is 5.97 Å². The zero-order valence-corrected chi connectivity index (χ0v) is 13.7. The van der Waals surface area contributed by atoms with E-state index in [4.69, 9.17) is 9.84 Å². The van der Waals surface area contributed by atoms with Crippen LogP contribution in [0.3, 0.4) is 0 Å². The topological polar surface area (TPSA) is 105 Å². The van der Waals surface area contributed by atoms with Crippen LogP contribution in [-0.2, 0) is 9.59 Å². The molecule has 1 aromatic carbocycles. The summed E-state index contributed by atoms with van der Waals surface area (Å²) in [6.45, 7) is 3.40. The lowest BCUT2D eigenvalue weighted by atomic mass is 10.1. The van der Waals surface area contributed by atoms with Crippen molar-refractivity contribution in [3.8, 4) is 5.75 Å². The van der Waals surface area contributed by atoms with Crippen LogP contribution in [0.1, 0.15) is 23.2 Å². The van der Waals surface area contributed by atoms with Gasteiger partial charge in [-0.25, -0.2) is 4.79 Å². The van der Waals surface area contributed by atoms with Gasteiger partial charge in [-0.05, 0) is 40.9 Å². The molecule has 1 heterocycles. The highest BCUT2D eigenvalue weighted by Gasteiger charge is 2.24. The number of allylic oxidation sites excluding steroid dienone is 1. The average molecular weight is 383 g/mol. The Morgan fingerprint density at radius 2 is 2.26 bits per heavy atom. The van der Waals surface area contributed by atoms with E-state index in [1.807, 2.05) is 0 Å². The molecule has 1 aliphatic rings. The number of nitrogens with one attached hydrogen (secondary N) is 2. The summed E-state index contributed by atoms with van der Waals surface area (Å²) < 4.78 is 5.68. The lowest BCUT2D eigenvalue weighted by Crippen LogP contribution is -2.40. The summed E-state index contributed by atoms with van der Waals surface area (Å²) in [5.74, 6) is -1.58. The lowest BCUT2D eigenvalue weighted by molar-refractivity contribution is -0.139. The van der Waals surface area contributed by atoms with E-state index >= 15 is 0 Å². The molecule has 0 bridgehead atoms. The van der Waals surface area contributed by atoms with E-state index < -0.39 is 17.9 Å². The average Bonchev–Trinajstić information content (AvgIpc) is 2.50. The Morgan fingerprint density at radius 1 is 1.52 bits per heavy atom. The fourth-order valence-electron chi connectivity index (χ4n) is 2.05. The number of halogens is 1. The van der Waals surface area contributed by atoms with Crippen LogP contribution in [0.2, 0.25) is 0 Å². The van der Waals surface area contributed by atoms with E-state index in [-0.39, 0.29) is 24.5 Å². The molecule has 23 heavy (non-hydrogen) atoms. The Bertz CT molecular complexity index is 674. The summed E-state index contributed by atoms with van der Waals surface area (Å²) in [5.41, 5.74) is 0.677. The second kappa shape index (κ2) is 7.28. The molecule has 8 heteroatoms. The number of carbonyl (C=O) groups excluding carboxylic acids is 2. The molecule has 2 amide bonds. The van der Waals surface area contributed by atoms with Crippen molar-refractivity contribution in [1.29, 1.82) is 0 Å². The number of carboxylic acids is 1. The molecule has 7 nitrogen and oxygen atoms in total. The van der Waals surface area contributed by atoms with Gasteiger partial charge in [-0.1, -0.05) is 6.08 Å². The standard InChI is InChI=1S/C15H15BrN2O5/c1-2-3-4-10(15(21)22)18-14(20)8-5-12-11(6-9(8)16)17-13(19)7-23-12/h2,5-6,10H,1,3-4,7H2,(H,17,19)(H,18,20)(H,21,22). The van der Waals surface area contributed by atoms with Gasteiger partial charge in [0, 0.05) is 4.47 Å². The van der Waals surface area contributed by atoms with Gasteiger partial charge in [0.1, 0.15) is 11.8 Å². The van der Waals surface area contributed by atoms with E-state index in [2.05, 4.69) is 33.1 Å². The van der Waals surface area contributed by atoms with Crippen molar-refractivity contribution in [2.75, 3.05) is 11.9 Å². The molecule has 2 rings (SSSR count). The molecular weight excluding hydrogens is 368 g/mol. The number of rotatable bonds is 6. The molecule has 0 saturated carbocycles. The van der Waals surface area contributed by atoms with Crippen LogP contribution in [0.4, 0.5) is 5.69 Å². The minimum Gasteiger partial charge on any atom is -0.482 e. The fraction of sp³-hybridized carbons (Fsp3) is 0.267. The van der Waals surface area contributed by atoms with Crippen molar-refractivity contribution in [3.05, 3.63) is 34.8 Å². The van der Waals surface area contributed by atoms with Crippen molar-refractivity contribution >= 4 is 39.4 Å². The summed E-state index contributed by atoms with van der Waals surface area (Å²) in [5, 5.41) is 14.2. The number of carbonyl (C=O) groups is 3.